The van der Waals surface area contributed by atoms with Gasteiger partial charge in [-0.1, -0.05) is 32.0 Å². The Hall–Kier alpha value is -1.83. The lowest BCUT2D eigenvalue weighted by atomic mass is 10.1. The predicted molar refractivity (Wildman–Crippen MR) is 71.2 cm³/mol. The van der Waals surface area contributed by atoms with Crippen molar-refractivity contribution in [1.82, 2.24) is 9.55 Å². The molecular formula is C15H16N2. The van der Waals surface area contributed by atoms with Gasteiger partial charge in [-0.3, -0.25) is 0 Å². The van der Waals surface area contributed by atoms with Gasteiger partial charge in [0.25, 0.3) is 0 Å². The van der Waals surface area contributed by atoms with Crippen molar-refractivity contribution >= 4 is 10.9 Å². The van der Waals surface area contributed by atoms with Gasteiger partial charge in [-0.2, -0.15) is 0 Å². The number of nitrogens with zero attached hydrogens (tertiary/aromatic N) is 2. The van der Waals surface area contributed by atoms with Crippen LogP contribution in [0.15, 0.2) is 42.7 Å². The van der Waals surface area contributed by atoms with Gasteiger partial charge in [0, 0.05) is 29.9 Å². The number of para-hydroxylation sites is 1. The van der Waals surface area contributed by atoms with Crippen molar-refractivity contribution in [3.8, 4) is 11.3 Å². The van der Waals surface area contributed by atoms with Crippen molar-refractivity contribution in [3.63, 3.8) is 0 Å². The monoisotopic (exact) mass is 224 g/mol. The molecule has 0 aliphatic carbocycles. The van der Waals surface area contributed by atoms with E-state index in [4.69, 9.17) is 0 Å². The first-order valence-electron chi connectivity index (χ1n) is 6.08. The standard InChI is InChI=1S/C15H16N2/c1-11(2)9-17-8-7-13-12-5-3-4-6-14(12)16-15(13)10-17/h3-8,10-11H,9H2,1-2H3. The van der Waals surface area contributed by atoms with Gasteiger partial charge in [-0.05, 0) is 18.1 Å². The van der Waals surface area contributed by atoms with Crippen LogP contribution in [0.1, 0.15) is 13.8 Å². The van der Waals surface area contributed by atoms with Gasteiger partial charge >= 0.3 is 0 Å². The van der Waals surface area contributed by atoms with E-state index in [1.807, 2.05) is 6.07 Å². The highest BCUT2D eigenvalue weighted by molar-refractivity contribution is 5.96. The third-order valence-electron chi connectivity index (χ3n) is 3.01. The van der Waals surface area contributed by atoms with E-state index in [1.165, 1.54) is 10.9 Å². The van der Waals surface area contributed by atoms with Crippen molar-refractivity contribution < 1.29 is 0 Å². The first-order chi connectivity index (χ1) is 8.24. The minimum absolute atomic E-state index is 0.654. The molecule has 0 N–H and O–H groups in total. The summed E-state index contributed by atoms with van der Waals surface area (Å²) in [7, 11) is 0. The van der Waals surface area contributed by atoms with Gasteiger partial charge in [0.1, 0.15) is 0 Å². The van der Waals surface area contributed by atoms with Gasteiger partial charge in [0.05, 0.1) is 11.2 Å². The van der Waals surface area contributed by atoms with E-state index in [2.05, 4.69) is 60.1 Å². The summed E-state index contributed by atoms with van der Waals surface area (Å²) in [6.45, 7) is 5.50. The fourth-order valence-corrected chi connectivity index (χ4v) is 2.31. The summed E-state index contributed by atoms with van der Waals surface area (Å²) in [5.74, 6) is 0.654. The lowest BCUT2D eigenvalue weighted by molar-refractivity contribution is 0.521. The van der Waals surface area contributed by atoms with Crippen LogP contribution in [0.2, 0.25) is 0 Å². The van der Waals surface area contributed by atoms with Crippen LogP contribution in [0.5, 0.6) is 0 Å². The van der Waals surface area contributed by atoms with Gasteiger partial charge < -0.3 is 4.57 Å². The maximum absolute atomic E-state index is 4.66. The van der Waals surface area contributed by atoms with Gasteiger partial charge in [-0.25, -0.2) is 4.98 Å². The molecule has 2 aliphatic heterocycles. The van der Waals surface area contributed by atoms with Crippen LogP contribution in [0.3, 0.4) is 0 Å². The number of benzene rings is 1. The van der Waals surface area contributed by atoms with Crippen molar-refractivity contribution in [2.75, 3.05) is 0 Å². The molecule has 0 atom stereocenters. The van der Waals surface area contributed by atoms with Crippen LogP contribution in [-0.4, -0.2) is 9.55 Å². The Labute approximate surface area is 101 Å². The summed E-state index contributed by atoms with van der Waals surface area (Å²) in [5.41, 5.74) is 3.43. The molecule has 0 aromatic heterocycles. The molecule has 86 valence electrons. The molecule has 2 heterocycles. The molecule has 17 heavy (non-hydrogen) atoms. The Morgan fingerprint density at radius 3 is 2.82 bits per heavy atom. The summed E-state index contributed by atoms with van der Waals surface area (Å²) in [6.07, 6.45) is 4.30. The Kier molecular flexibility index (Phi) is 2.36. The van der Waals surface area contributed by atoms with Crippen LogP contribution in [0.4, 0.5) is 0 Å². The van der Waals surface area contributed by atoms with Crippen molar-refractivity contribution in [2.45, 2.75) is 20.4 Å². The maximum atomic E-state index is 4.66. The van der Waals surface area contributed by atoms with Crippen LogP contribution < -0.4 is 0 Å². The normalized spacial score (nSPS) is 11.7. The zero-order chi connectivity index (χ0) is 11.8. The van der Waals surface area contributed by atoms with Crippen molar-refractivity contribution in [1.29, 1.82) is 0 Å². The lowest BCUT2D eigenvalue weighted by Gasteiger charge is -2.10. The number of rotatable bonds is 2. The smallest absolute Gasteiger partial charge is 0.0878 e. The maximum Gasteiger partial charge on any atom is 0.0878 e. The fraction of sp³-hybridized carbons (Fsp3) is 0.267. The molecule has 0 unspecified atom stereocenters. The summed E-state index contributed by atoms with van der Waals surface area (Å²) < 4.78 is 2.22. The number of hydrogen-bond acceptors (Lipinski definition) is 1. The molecule has 0 fully saturated rings. The highest BCUT2D eigenvalue weighted by atomic mass is 14.9. The van der Waals surface area contributed by atoms with E-state index in [1.54, 1.807) is 0 Å². The predicted octanol–water partition coefficient (Wildman–Crippen LogP) is 3.80. The fourth-order valence-electron chi connectivity index (χ4n) is 2.31. The first-order valence-corrected chi connectivity index (χ1v) is 6.08. The van der Waals surface area contributed by atoms with E-state index in [-0.39, 0.29) is 0 Å². The van der Waals surface area contributed by atoms with E-state index < -0.39 is 0 Å². The molecule has 2 nitrogen and oxygen atoms in total. The van der Waals surface area contributed by atoms with E-state index in [9.17, 15) is 0 Å². The number of fused-ring (bicyclic) bond motifs is 3. The minimum Gasteiger partial charge on any atom is -0.352 e. The molecule has 0 spiro atoms. The number of pyridine rings is 1. The van der Waals surface area contributed by atoms with Crippen LogP contribution in [0, 0.1) is 5.92 Å². The average Bonchev–Trinajstić information content (AvgIpc) is 2.65. The second kappa shape index (κ2) is 3.88. The largest absolute Gasteiger partial charge is 0.352 e. The molecule has 0 saturated carbocycles. The van der Waals surface area contributed by atoms with Crippen molar-refractivity contribution in [3.05, 3.63) is 42.7 Å². The second-order valence-corrected chi connectivity index (χ2v) is 4.96. The molecule has 2 heteroatoms. The Balaban J connectivity index is 2.16. The highest BCUT2D eigenvalue weighted by Crippen LogP contribution is 2.30. The third kappa shape index (κ3) is 1.80. The molecule has 0 amide bonds. The molecule has 2 aliphatic rings. The quantitative estimate of drug-likeness (QED) is 0.647. The SMILES string of the molecule is CC(C)Cn1ccc2c3ccccc3nc-2c1. The molecule has 0 saturated heterocycles. The Bertz CT molecular complexity index is 622. The Morgan fingerprint density at radius 2 is 2.00 bits per heavy atom. The zero-order valence-corrected chi connectivity index (χ0v) is 10.2. The average molecular weight is 224 g/mol. The van der Waals surface area contributed by atoms with Gasteiger partial charge in [0.2, 0.25) is 0 Å². The molecule has 1 aromatic carbocycles. The second-order valence-electron chi connectivity index (χ2n) is 4.96. The summed E-state index contributed by atoms with van der Waals surface area (Å²) in [6, 6.07) is 10.5. The number of aromatic nitrogens is 2. The van der Waals surface area contributed by atoms with Crippen LogP contribution >= 0.6 is 0 Å². The third-order valence-corrected chi connectivity index (χ3v) is 3.01. The van der Waals surface area contributed by atoms with Crippen LogP contribution in [0.25, 0.3) is 22.2 Å². The highest BCUT2D eigenvalue weighted by Gasteiger charge is 2.11. The van der Waals surface area contributed by atoms with Crippen molar-refractivity contribution in [2.24, 2.45) is 5.92 Å². The molecular weight excluding hydrogens is 208 g/mol. The molecule has 1 aromatic rings. The Morgan fingerprint density at radius 1 is 1.18 bits per heavy atom. The van der Waals surface area contributed by atoms with E-state index >= 15 is 0 Å². The lowest BCUT2D eigenvalue weighted by Crippen LogP contribution is -2.04. The molecule has 0 radical (unpaired) electrons. The van der Waals surface area contributed by atoms with E-state index in [0.717, 1.165) is 17.8 Å². The minimum atomic E-state index is 0.654. The van der Waals surface area contributed by atoms with Gasteiger partial charge in [-0.15, -0.1) is 0 Å². The molecule has 0 bridgehead atoms. The van der Waals surface area contributed by atoms with Gasteiger partial charge in [0.15, 0.2) is 0 Å². The van der Waals surface area contributed by atoms with E-state index in [0.29, 0.717) is 5.92 Å². The molecule has 3 rings (SSSR count). The zero-order valence-electron chi connectivity index (χ0n) is 10.2. The summed E-state index contributed by atoms with van der Waals surface area (Å²) in [5, 5.41) is 1.25. The summed E-state index contributed by atoms with van der Waals surface area (Å²) in [4.78, 5) is 4.66. The number of hydrogen-bond donors (Lipinski definition) is 0. The van der Waals surface area contributed by atoms with Crippen LogP contribution in [-0.2, 0) is 6.54 Å². The topological polar surface area (TPSA) is 17.8 Å². The first kappa shape index (κ1) is 10.3. The summed E-state index contributed by atoms with van der Waals surface area (Å²) >= 11 is 0.